The van der Waals surface area contributed by atoms with Crippen LogP contribution in [0.15, 0.2) is 35.1 Å². The molecule has 0 saturated heterocycles. The number of ether oxygens (including phenoxy) is 1. The first-order chi connectivity index (χ1) is 9.86. The van der Waals surface area contributed by atoms with Crippen LogP contribution < -0.4 is 4.74 Å². The van der Waals surface area contributed by atoms with E-state index in [-0.39, 0.29) is 0 Å². The zero-order chi connectivity index (χ0) is 13.5. The van der Waals surface area contributed by atoms with E-state index in [0.29, 0.717) is 5.89 Å². The maximum Gasteiger partial charge on any atom is 0.245 e. The van der Waals surface area contributed by atoms with Gasteiger partial charge in [0.25, 0.3) is 0 Å². The van der Waals surface area contributed by atoms with Crippen LogP contribution in [-0.2, 0) is 12.8 Å². The van der Waals surface area contributed by atoms with Crippen molar-refractivity contribution in [3.8, 4) is 17.3 Å². The van der Waals surface area contributed by atoms with E-state index in [0.717, 1.165) is 47.4 Å². The second kappa shape index (κ2) is 4.34. The number of aryl methyl sites for hydroxylation is 1. The highest BCUT2D eigenvalue weighted by atomic mass is 16.5. The van der Waals surface area contributed by atoms with Crippen LogP contribution in [-0.4, -0.2) is 16.6 Å². The van der Waals surface area contributed by atoms with Crippen molar-refractivity contribution in [1.82, 2.24) is 9.97 Å². The summed E-state index contributed by atoms with van der Waals surface area (Å²) in [6.45, 7) is 2.86. The molecule has 1 aliphatic heterocycles. The van der Waals surface area contributed by atoms with E-state index in [1.165, 1.54) is 5.56 Å². The molecule has 3 aromatic rings. The highest BCUT2D eigenvalue weighted by Crippen LogP contribution is 2.36. The van der Waals surface area contributed by atoms with Gasteiger partial charge in [0.15, 0.2) is 0 Å². The Hall–Kier alpha value is -2.36. The number of benzene rings is 1. The lowest BCUT2D eigenvalue weighted by atomic mass is 10.0. The van der Waals surface area contributed by atoms with Crippen LogP contribution in [0.25, 0.3) is 22.4 Å². The quantitative estimate of drug-likeness (QED) is 0.713. The molecule has 4 nitrogen and oxygen atoms in total. The summed E-state index contributed by atoms with van der Waals surface area (Å²) in [4.78, 5) is 8.87. The van der Waals surface area contributed by atoms with E-state index in [9.17, 15) is 0 Å². The van der Waals surface area contributed by atoms with Crippen molar-refractivity contribution in [2.24, 2.45) is 0 Å². The fourth-order valence-electron chi connectivity index (χ4n) is 2.77. The van der Waals surface area contributed by atoms with Crippen molar-refractivity contribution in [1.29, 1.82) is 0 Å². The average molecular weight is 266 g/mol. The SMILES string of the molecule is CCc1nc(-c2ncco2)cc2c3c(ccc12)CCO3. The van der Waals surface area contributed by atoms with Gasteiger partial charge in [-0.25, -0.2) is 9.97 Å². The van der Waals surface area contributed by atoms with Gasteiger partial charge in [0.1, 0.15) is 17.7 Å². The lowest BCUT2D eigenvalue weighted by Crippen LogP contribution is -1.95. The van der Waals surface area contributed by atoms with Crippen molar-refractivity contribution in [3.05, 3.63) is 41.9 Å². The molecule has 0 bridgehead atoms. The summed E-state index contributed by atoms with van der Waals surface area (Å²) < 4.78 is 11.2. The maximum atomic E-state index is 5.80. The minimum absolute atomic E-state index is 0.553. The Balaban J connectivity index is 2.04. The molecule has 3 heterocycles. The van der Waals surface area contributed by atoms with Gasteiger partial charge >= 0.3 is 0 Å². The summed E-state index contributed by atoms with van der Waals surface area (Å²) in [6, 6.07) is 6.31. The third kappa shape index (κ3) is 1.61. The minimum atomic E-state index is 0.553. The maximum absolute atomic E-state index is 5.80. The van der Waals surface area contributed by atoms with Crippen LogP contribution in [0.1, 0.15) is 18.2 Å². The highest BCUT2D eigenvalue weighted by molar-refractivity contribution is 5.93. The normalized spacial score (nSPS) is 13.4. The molecule has 0 unspecified atom stereocenters. The number of fused-ring (bicyclic) bond motifs is 3. The van der Waals surface area contributed by atoms with Crippen molar-refractivity contribution < 1.29 is 9.15 Å². The number of rotatable bonds is 2. The molecule has 0 aliphatic carbocycles. The van der Waals surface area contributed by atoms with Gasteiger partial charge in [0.05, 0.1) is 12.8 Å². The van der Waals surface area contributed by atoms with Gasteiger partial charge in [-0.15, -0.1) is 0 Å². The standard InChI is InChI=1S/C16H14N2O2/c1-2-13-11-4-3-10-5-7-19-15(10)12(11)9-14(18-13)16-17-6-8-20-16/h3-4,6,8-9H,2,5,7H2,1H3. The summed E-state index contributed by atoms with van der Waals surface area (Å²) in [6.07, 6.45) is 5.05. The van der Waals surface area contributed by atoms with Crippen molar-refractivity contribution in [2.75, 3.05) is 6.61 Å². The molecule has 1 aliphatic rings. The predicted octanol–water partition coefficient (Wildman–Crippen LogP) is 3.39. The molecule has 0 radical (unpaired) electrons. The van der Waals surface area contributed by atoms with E-state index in [2.05, 4.69) is 29.0 Å². The van der Waals surface area contributed by atoms with Crippen LogP contribution in [0.3, 0.4) is 0 Å². The Bertz CT molecular complexity index is 779. The number of pyridine rings is 1. The smallest absolute Gasteiger partial charge is 0.245 e. The fraction of sp³-hybridized carbons (Fsp3) is 0.250. The van der Waals surface area contributed by atoms with Crippen molar-refractivity contribution >= 4 is 10.8 Å². The molecule has 0 fully saturated rings. The second-order valence-electron chi connectivity index (χ2n) is 4.89. The molecular weight excluding hydrogens is 252 g/mol. The minimum Gasteiger partial charge on any atom is -0.492 e. The summed E-state index contributed by atoms with van der Waals surface area (Å²) in [5.41, 5.74) is 3.08. The monoisotopic (exact) mass is 266 g/mol. The van der Waals surface area contributed by atoms with Gasteiger partial charge in [-0.3, -0.25) is 0 Å². The molecule has 100 valence electrons. The molecule has 0 saturated carbocycles. The van der Waals surface area contributed by atoms with E-state index in [4.69, 9.17) is 9.15 Å². The average Bonchev–Trinajstić information content (AvgIpc) is 3.16. The molecule has 0 N–H and O–H groups in total. The Morgan fingerprint density at radius 2 is 2.20 bits per heavy atom. The summed E-state index contributed by atoms with van der Waals surface area (Å²) in [7, 11) is 0. The third-order valence-electron chi connectivity index (χ3n) is 3.73. The Labute approximate surface area is 116 Å². The Kier molecular flexibility index (Phi) is 2.49. The van der Waals surface area contributed by atoms with Gasteiger partial charge in [-0.1, -0.05) is 19.1 Å². The van der Waals surface area contributed by atoms with E-state index in [1.807, 2.05) is 6.07 Å². The molecule has 4 heteroatoms. The molecule has 1 aromatic carbocycles. The lowest BCUT2D eigenvalue weighted by Gasteiger charge is -2.10. The molecule has 20 heavy (non-hydrogen) atoms. The van der Waals surface area contributed by atoms with Crippen LogP contribution in [0.5, 0.6) is 5.75 Å². The number of hydrogen-bond acceptors (Lipinski definition) is 4. The first-order valence-corrected chi connectivity index (χ1v) is 6.85. The van der Waals surface area contributed by atoms with Gasteiger partial charge < -0.3 is 9.15 Å². The number of hydrogen-bond donors (Lipinski definition) is 0. The summed E-state index contributed by atoms with van der Waals surface area (Å²) >= 11 is 0. The topological polar surface area (TPSA) is 48.2 Å². The van der Waals surface area contributed by atoms with Crippen molar-refractivity contribution in [3.63, 3.8) is 0 Å². The van der Waals surface area contributed by atoms with Gasteiger partial charge in [0, 0.05) is 22.9 Å². The summed E-state index contributed by atoms with van der Waals surface area (Å²) in [5.74, 6) is 1.55. The molecule has 0 spiro atoms. The highest BCUT2D eigenvalue weighted by Gasteiger charge is 2.18. The number of aromatic nitrogens is 2. The van der Waals surface area contributed by atoms with Gasteiger partial charge in [-0.2, -0.15) is 0 Å². The Morgan fingerprint density at radius 1 is 1.25 bits per heavy atom. The second-order valence-corrected chi connectivity index (χ2v) is 4.89. The van der Waals surface area contributed by atoms with Gasteiger partial charge in [0.2, 0.25) is 5.89 Å². The zero-order valence-corrected chi connectivity index (χ0v) is 11.2. The zero-order valence-electron chi connectivity index (χ0n) is 11.2. The molecule has 0 amide bonds. The molecular formula is C16H14N2O2. The first kappa shape index (κ1) is 11.5. The van der Waals surface area contributed by atoms with E-state index >= 15 is 0 Å². The third-order valence-corrected chi connectivity index (χ3v) is 3.73. The number of nitrogens with zero attached hydrogens (tertiary/aromatic N) is 2. The molecule has 0 atom stereocenters. The van der Waals surface area contributed by atoms with E-state index in [1.54, 1.807) is 12.5 Å². The largest absolute Gasteiger partial charge is 0.492 e. The lowest BCUT2D eigenvalue weighted by molar-refractivity contribution is 0.360. The predicted molar refractivity (Wildman–Crippen MR) is 75.8 cm³/mol. The van der Waals surface area contributed by atoms with Crippen LogP contribution in [0.2, 0.25) is 0 Å². The summed E-state index contributed by atoms with van der Waals surface area (Å²) in [5, 5.41) is 2.27. The number of oxazole rings is 1. The first-order valence-electron chi connectivity index (χ1n) is 6.85. The van der Waals surface area contributed by atoms with Crippen LogP contribution in [0, 0.1) is 0 Å². The van der Waals surface area contributed by atoms with Gasteiger partial charge in [-0.05, 0) is 18.1 Å². The van der Waals surface area contributed by atoms with E-state index < -0.39 is 0 Å². The fourth-order valence-corrected chi connectivity index (χ4v) is 2.77. The van der Waals surface area contributed by atoms with Crippen LogP contribution in [0.4, 0.5) is 0 Å². The molecule has 4 rings (SSSR count). The van der Waals surface area contributed by atoms with Crippen molar-refractivity contribution in [2.45, 2.75) is 19.8 Å². The van der Waals surface area contributed by atoms with Crippen LogP contribution >= 0.6 is 0 Å². The molecule has 2 aromatic heterocycles. The Morgan fingerprint density at radius 3 is 3.00 bits per heavy atom.